The number of anilines is 1. The van der Waals surface area contributed by atoms with E-state index in [0.717, 1.165) is 11.1 Å². The smallest absolute Gasteiger partial charge is 0.348 e. The Morgan fingerprint density at radius 2 is 1.37 bits per heavy atom. The second-order valence-corrected chi connectivity index (χ2v) is 23.1. The number of aromatic nitrogens is 2. The zero-order valence-electron chi connectivity index (χ0n) is 51.7. The molecule has 11 aromatic rings. The maximum absolute atomic E-state index is 12.9. The number of nitrogens with zero attached hydrogens (tertiary/aromatic N) is 3. The molecule has 12 rings (SSSR count). The summed E-state index contributed by atoms with van der Waals surface area (Å²) in [5, 5.41) is 67.2. The van der Waals surface area contributed by atoms with Gasteiger partial charge in [-0.3, -0.25) is 0 Å². The Hall–Kier alpha value is -11.1. The first-order valence-corrected chi connectivity index (χ1v) is 29.1. The van der Waals surface area contributed by atoms with E-state index in [1.54, 1.807) is 60.7 Å². The predicted molar refractivity (Wildman–Crippen MR) is 354 cm³/mol. The first-order chi connectivity index (χ1) is 43.0. The molecule has 5 N–H and O–H groups in total. The molecule has 0 saturated carbocycles. The van der Waals surface area contributed by atoms with E-state index in [-0.39, 0.29) is 51.3 Å². The number of methoxy groups -OCH3 is 1. The molecule has 0 aliphatic carbocycles. The lowest BCUT2D eigenvalue weighted by atomic mass is 9.90. The fourth-order valence-electron chi connectivity index (χ4n) is 11.5. The highest BCUT2D eigenvalue weighted by molar-refractivity contribution is 6.04. The maximum Gasteiger partial charge on any atom is 0.348 e. The van der Waals surface area contributed by atoms with Gasteiger partial charge in [-0.15, -0.1) is 0 Å². The molecule has 15 nitrogen and oxygen atoms in total. The normalized spacial score (nSPS) is 12.2. The number of ether oxygens (including phenoxy) is 2. The Labute approximate surface area is 520 Å². The van der Waals surface area contributed by atoms with Crippen LogP contribution in [0.5, 0.6) is 34.5 Å². The number of aromatic hydroxyl groups is 3. The van der Waals surface area contributed by atoms with Crippen LogP contribution >= 0.6 is 0 Å². The number of hydrogen-bond acceptors (Lipinski definition) is 11. The van der Waals surface area contributed by atoms with Gasteiger partial charge in [0.1, 0.15) is 57.9 Å². The van der Waals surface area contributed by atoms with Crippen molar-refractivity contribution in [1.82, 2.24) is 4.57 Å². The van der Waals surface area contributed by atoms with Crippen LogP contribution in [0.15, 0.2) is 179 Å². The van der Waals surface area contributed by atoms with Crippen molar-refractivity contribution in [2.24, 2.45) is 7.05 Å². The number of hydrogen-bond donors (Lipinski definition) is 5. The van der Waals surface area contributed by atoms with Gasteiger partial charge in [-0.25, -0.2) is 14.4 Å². The van der Waals surface area contributed by atoms with E-state index in [9.17, 15) is 45.0 Å². The summed E-state index contributed by atoms with van der Waals surface area (Å²) in [5.41, 5.74) is 10.3. The van der Waals surface area contributed by atoms with E-state index >= 15 is 0 Å². The van der Waals surface area contributed by atoms with E-state index in [0.29, 0.717) is 56.0 Å². The van der Waals surface area contributed by atoms with Gasteiger partial charge < -0.3 is 54.0 Å². The summed E-state index contributed by atoms with van der Waals surface area (Å²) in [4.78, 5) is 38.2. The number of pyridine rings is 1. The van der Waals surface area contributed by atoms with Crippen molar-refractivity contribution >= 4 is 79.3 Å². The molecule has 0 atom stereocenters. The zero-order chi connectivity index (χ0) is 64.5. The third-order valence-electron chi connectivity index (χ3n) is 16.1. The molecule has 0 spiro atoms. The molecular weight excluding hydrogens is 1130 g/mol. The molecule has 456 valence electrons. The van der Waals surface area contributed by atoms with Crippen LogP contribution in [-0.4, -0.2) is 68.8 Å². The number of aryl methyl sites for hydroxylation is 2. The molecule has 4 heterocycles. The van der Waals surface area contributed by atoms with Crippen molar-refractivity contribution in [2.75, 3.05) is 26.1 Å². The Bertz CT molecular complexity index is 4690. The highest BCUT2D eigenvalue weighted by Crippen LogP contribution is 2.50. The molecule has 1 aliphatic heterocycles. The average Bonchev–Trinajstić information content (AvgIpc) is 1.05. The molecule has 0 saturated heterocycles. The number of carboxylic acid groups (broad SMARTS) is 2. The first kappa shape index (κ1) is 62.0. The average molecular weight is 1200 g/mol. The monoisotopic (exact) mass is 1200 g/mol. The molecule has 0 unspecified atom stereocenters. The molecule has 15 heteroatoms. The Kier molecular flexibility index (Phi) is 17.5. The Morgan fingerprint density at radius 1 is 0.733 bits per heavy atom. The molecule has 1 aliphatic rings. The van der Waals surface area contributed by atoms with Crippen LogP contribution in [0.1, 0.15) is 93.3 Å². The van der Waals surface area contributed by atoms with Crippen LogP contribution in [0.2, 0.25) is 0 Å². The van der Waals surface area contributed by atoms with Gasteiger partial charge in [-0.1, -0.05) is 96.3 Å². The summed E-state index contributed by atoms with van der Waals surface area (Å²) in [6.07, 6.45) is 10.6. The van der Waals surface area contributed by atoms with E-state index in [2.05, 4.69) is 134 Å². The van der Waals surface area contributed by atoms with Crippen molar-refractivity contribution in [3.63, 3.8) is 0 Å². The summed E-state index contributed by atoms with van der Waals surface area (Å²) < 4.78 is 22.3. The Balaban J connectivity index is 0.000000149. The molecule has 0 bridgehead atoms. The lowest BCUT2D eigenvalue weighted by Crippen LogP contribution is -2.32. The van der Waals surface area contributed by atoms with Crippen LogP contribution in [0.25, 0.3) is 78.5 Å². The SMILES string of the molecule is COc1c(CC=C(C)C)c2c(c3oc(=O)c(-c4ccc(O)cc4)c(O)c13)C=CC(C)(C)O2.Cc1cc(C=Cc2ccc3cc(N(C)C)ccc3[n+]2C)c(C)n1-c1ccccc1.O=C(O)c1cc2ccccc2c(Cc2c(O)c(C(=O)O)cc3ccccc23)c1[O-]. The van der Waals surface area contributed by atoms with Crippen LogP contribution in [0.4, 0.5) is 5.69 Å². The molecular formula is C75H69N3O12. The van der Waals surface area contributed by atoms with E-state index in [1.165, 1.54) is 76.3 Å². The fraction of sp³-hybridized carbons (Fsp3) is 0.173. The van der Waals surface area contributed by atoms with E-state index in [4.69, 9.17) is 13.9 Å². The predicted octanol–water partition coefficient (Wildman–Crippen LogP) is 14.6. The number of para-hydroxylation sites is 1. The number of aromatic carboxylic acids is 2. The Morgan fingerprint density at radius 3 is 2.00 bits per heavy atom. The van der Waals surface area contributed by atoms with Crippen LogP contribution in [0.3, 0.4) is 0 Å². The molecule has 0 amide bonds. The summed E-state index contributed by atoms with van der Waals surface area (Å²) in [7, 11) is 7.79. The number of allylic oxidation sites excluding steroid dienone is 2. The van der Waals surface area contributed by atoms with Crippen molar-refractivity contribution in [3.8, 4) is 51.3 Å². The molecule has 3 aromatic heterocycles. The van der Waals surface area contributed by atoms with Gasteiger partial charge in [0.05, 0.1) is 18.2 Å². The number of carboxylic acids is 2. The number of benzene rings is 8. The summed E-state index contributed by atoms with van der Waals surface area (Å²) in [5.74, 6) is -2.93. The summed E-state index contributed by atoms with van der Waals surface area (Å²) in [6.45, 7) is 12.2. The van der Waals surface area contributed by atoms with Gasteiger partial charge in [0.15, 0.2) is 5.58 Å². The van der Waals surface area contributed by atoms with E-state index in [1.807, 2.05) is 39.8 Å². The fourth-order valence-corrected chi connectivity index (χ4v) is 11.5. The lowest BCUT2D eigenvalue weighted by Gasteiger charge is -2.31. The van der Waals surface area contributed by atoms with Crippen molar-refractivity contribution in [2.45, 2.75) is 60.0 Å². The van der Waals surface area contributed by atoms with Gasteiger partial charge in [0, 0.05) is 78.0 Å². The van der Waals surface area contributed by atoms with Gasteiger partial charge in [-0.05, 0) is 165 Å². The lowest BCUT2D eigenvalue weighted by molar-refractivity contribution is -0.646. The number of fused-ring (bicyclic) bond motifs is 6. The topological polar surface area (TPSA) is 219 Å². The van der Waals surface area contributed by atoms with E-state index < -0.39 is 34.7 Å². The molecule has 0 fully saturated rings. The van der Waals surface area contributed by atoms with Gasteiger partial charge in [-0.2, -0.15) is 4.57 Å². The van der Waals surface area contributed by atoms with Crippen LogP contribution in [-0.2, 0) is 19.9 Å². The number of carbonyl (C=O) groups is 2. The third kappa shape index (κ3) is 12.3. The molecule has 8 aromatic carbocycles. The number of rotatable bonds is 12. The largest absolute Gasteiger partial charge is 0.872 e. The standard InChI is InChI=1S/C26H28N3.C26H26O6.C23H16O6/c1-19-17-21(20(2)29(19)24-9-7-6-8-10-24)11-13-23-14-12-22-18-25(27(3)4)15-16-26(22)28(23)5;1-14(2)6-11-17-22-18(12-13-26(3,4)32-22)24-20(23(17)30-5)21(28)19(25(29)31-24)15-7-9-16(27)10-8-15;24-20-16(14-7-3-1-5-12(14)9-18(20)22(26)27)11-17-15-8-4-2-6-13(15)10-19(21(17)25)23(28)29/h6-18H,1-5H3;6-10,12-13,27-28H,11H2,1-5H3;1-10,24-25H,11H2,(H,26,27)(H,28,29)/q+1;;/p-1. The quantitative estimate of drug-likeness (QED) is 0.0437. The van der Waals surface area contributed by atoms with Gasteiger partial charge in [0.2, 0.25) is 11.2 Å². The summed E-state index contributed by atoms with van der Waals surface area (Å²) >= 11 is 0. The van der Waals surface area contributed by atoms with Crippen LogP contribution < -0.4 is 29.7 Å². The second-order valence-electron chi connectivity index (χ2n) is 23.1. The molecule has 0 radical (unpaired) electrons. The number of phenols is 2. The summed E-state index contributed by atoms with van der Waals surface area (Å²) in [6, 6.07) is 46.3. The van der Waals surface area contributed by atoms with Crippen molar-refractivity contribution < 1.29 is 58.7 Å². The van der Waals surface area contributed by atoms with Crippen molar-refractivity contribution in [3.05, 3.63) is 236 Å². The van der Waals surface area contributed by atoms with Crippen LogP contribution in [0, 0.1) is 13.8 Å². The first-order valence-electron chi connectivity index (χ1n) is 29.1. The number of phenolic OH excluding ortho intramolecular Hbond substituents is 1. The minimum atomic E-state index is -1.34. The maximum atomic E-state index is 12.9. The molecule has 90 heavy (non-hydrogen) atoms. The highest BCUT2D eigenvalue weighted by atomic mass is 16.5. The minimum Gasteiger partial charge on any atom is -0.872 e. The zero-order valence-corrected chi connectivity index (χ0v) is 51.7. The highest BCUT2D eigenvalue weighted by Gasteiger charge is 2.32. The minimum absolute atomic E-state index is 0.00458. The third-order valence-corrected chi connectivity index (χ3v) is 16.1. The second kappa shape index (κ2) is 25.3. The van der Waals surface area contributed by atoms with Gasteiger partial charge in [0.25, 0.3) is 0 Å². The van der Waals surface area contributed by atoms with Gasteiger partial charge >= 0.3 is 17.6 Å². The van der Waals surface area contributed by atoms with Crippen molar-refractivity contribution in [1.29, 1.82) is 0 Å².